The van der Waals surface area contributed by atoms with Gasteiger partial charge >= 0.3 is 0 Å². The molecule has 0 radical (unpaired) electrons. The molecule has 0 aliphatic carbocycles. The average molecular weight is 236 g/mol. The van der Waals surface area contributed by atoms with E-state index in [1.165, 1.54) is 5.56 Å². The van der Waals surface area contributed by atoms with Gasteiger partial charge in [-0.15, -0.1) is 0 Å². The molecule has 1 N–H and O–H groups in total. The highest BCUT2D eigenvalue weighted by molar-refractivity contribution is 6.30. The summed E-state index contributed by atoms with van der Waals surface area (Å²) in [7, 11) is 0. The smallest absolute Gasteiger partial charge is 0.203 e. The van der Waals surface area contributed by atoms with E-state index >= 15 is 0 Å². The molecule has 0 spiro atoms. The predicted octanol–water partition coefficient (Wildman–Crippen LogP) is 3.17. The van der Waals surface area contributed by atoms with E-state index in [-0.39, 0.29) is 0 Å². The molecule has 0 atom stereocenters. The lowest BCUT2D eigenvalue weighted by molar-refractivity contribution is 0.763. The van der Waals surface area contributed by atoms with Crippen LogP contribution in [0.25, 0.3) is 0 Å². The third kappa shape index (κ3) is 2.55. The van der Waals surface area contributed by atoms with Gasteiger partial charge < -0.3 is 9.88 Å². The van der Waals surface area contributed by atoms with Crippen LogP contribution in [0.3, 0.4) is 0 Å². The van der Waals surface area contributed by atoms with Gasteiger partial charge in [-0.1, -0.05) is 23.7 Å². The SMILES string of the molecule is CCn1ccnc1NCc1ccc(Cl)cc1. The Bertz CT molecular complexity index is 448. The van der Waals surface area contributed by atoms with Crippen molar-refractivity contribution >= 4 is 17.5 Å². The largest absolute Gasteiger partial charge is 0.352 e. The van der Waals surface area contributed by atoms with Crippen LogP contribution in [0.1, 0.15) is 12.5 Å². The number of aryl methyl sites for hydroxylation is 1. The van der Waals surface area contributed by atoms with Gasteiger partial charge in [-0.2, -0.15) is 0 Å². The zero-order valence-electron chi connectivity index (χ0n) is 9.15. The van der Waals surface area contributed by atoms with Crippen molar-refractivity contribution in [3.05, 3.63) is 47.2 Å². The highest BCUT2D eigenvalue weighted by Crippen LogP contribution is 2.11. The lowest BCUT2D eigenvalue weighted by atomic mass is 10.2. The van der Waals surface area contributed by atoms with Gasteiger partial charge in [-0.05, 0) is 24.6 Å². The number of rotatable bonds is 4. The van der Waals surface area contributed by atoms with E-state index in [1.54, 1.807) is 6.20 Å². The molecule has 4 heteroatoms. The molecule has 0 aliphatic rings. The fraction of sp³-hybridized carbons (Fsp3) is 0.250. The number of benzene rings is 1. The predicted molar refractivity (Wildman–Crippen MR) is 66.7 cm³/mol. The van der Waals surface area contributed by atoms with E-state index < -0.39 is 0 Å². The van der Waals surface area contributed by atoms with Crippen LogP contribution < -0.4 is 5.32 Å². The van der Waals surface area contributed by atoms with E-state index in [2.05, 4.69) is 21.8 Å². The number of anilines is 1. The Kier molecular flexibility index (Phi) is 3.47. The molecular weight excluding hydrogens is 222 g/mol. The Morgan fingerprint density at radius 1 is 1.31 bits per heavy atom. The van der Waals surface area contributed by atoms with Gasteiger partial charge in [0.1, 0.15) is 0 Å². The number of imidazole rings is 1. The van der Waals surface area contributed by atoms with Crippen molar-refractivity contribution in [3.8, 4) is 0 Å². The molecule has 2 rings (SSSR count). The van der Waals surface area contributed by atoms with Crippen molar-refractivity contribution in [1.29, 1.82) is 0 Å². The Morgan fingerprint density at radius 2 is 2.06 bits per heavy atom. The summed E-state index contributed by atoms with van der Waals surface area (Å²) in [5.41, 5.74) is 1.19. The topological polar surface area (TPSA) is 29.9 Å². The van der Waals surface area contributed by atoms with Gasteiger partial charge in [-0.25, -0.2) is 4.98 Å². The van der Waals surface area contributed by atoms with Crippen LogP contribution in [0, 0.1) is 0 Å². The molecule has 16 heavy (non-hydrogen) atoms. The zero-order valence-corrected chi connectivity index (χ0v) is 9.91. The van der Waals surface area contributed by atoms with Crippen LogP contribution in [0.15, 0.2) is 36.7 Å². The maximum Gasteiger partial charge on any atom is 0.203 e. The second kappa shape index (κ2) is 5.03. The molecule has 3 nitrogen and oxygen atoms in total. The molecule has 0 aliphatic heterocycles. The number of hydrogen-bond donors (Lipinski definition) is 1. The van der Waals surface area contributed by atoms with Gasteiger partial charge in [0.25, 0.3) is 0 Å². The van der Waals surface area contributed by atoms with Crippen LogP contribution in [-0.4, -0.2) is 9.55 Å². The second-order valence-electron chi connectivity index (χ2n) is 3.52. The standard InChI is InChI=1S/C12H14ClN3/c1-2-16-8-7-14-12(16)15-9-10-3-5-11(13)6-4-10/h3-8H,2,9H2,1H3,(H,14,15). The number of hydrogen-bond acceptors (Lipinski definition) is 2. The molecule has 0 unspecified atom stereocenters. The first-order chi connectivity index (χ1) is 7.79. The Hall–Kier alpha value is -1.48. The van der Waals surface area contributed by atoms with Crippen LogP contribution in [0.4, 0.5) is 5.95 Å². The van der Waals surface area contributed by atoms with Crippen LogP contribution in [0.2, 0.25) is 5.02 Å². The minimum absolute atomic E-state index is 0.758. The molecule has 0 amide bonds. The summed E-state index contributed by atoms with van der Waals surface area (Å²) in [6, 6.07) is 7.80. The molecule has 0 fully saturated rings. The fourth-order valence-electron chi connectivity index (χ4n) is 1.51. The van der Waals surface area contributed by atoms with E-state index in [4.69, 9.17) is 11.6 Å². The Labute approximate surface area is 100 Å². The maximum atomic E-state index is 5.82. The Balaban J connectivity index is 1.99. The first kappa shape index (κ1) is 11.0. The van der Waals surface area contributed by atoms with Gasteiger partial charge in [0.2, 0.25) is 5.95 Å². The van der Waals surface area contributed by atoms with Gasteiger partial charge in [0, 0.05) is 30.5 Å². The molecular formula is C12H14ClN3. The highest BCUT2D eigenvalue weighted by Gasteiger charge is 1.99. The molecule has 1 heterocycles. The van der Waals surface area contributed by atoms with E-state index in [0.29, 0.717) is 0 Å². The monoisotopic (exact) mass is 235 g/mol. The lowest BCUT2D eigenvalue weighted by Gasteiger charge is -2.07. The molecule has 84 valence electrons. The fourth-order valence-corrected chi connectivity index (χ4v) is 1.64. The highest BCUT2D eigenvalue weighted by atomic mass is 35.5. The van der Waals surface area contributed by atoms with Crippen molar-refractivity contribution in [2.24, 2.45) is 0 Å². The van der Waals surface area contributed by atoms with Gasteiger partial charge in [0.15, 0.2) is 0 Å². The van der Waals surface area contributed by atoms with Crippen molar-refractivity contribution in [3.63, 3.8) is 0 Å². The van der Waals surface area contributed by atoms with E-state index in [1.807, 2.05) is 30.5 Å². The van der Waals surface area contributed by atoms with Crippen molar-refractivity contribution in [2.45, 2.75) is 20.0 Å². The van der Waals surface area contributed by atoms with Crippen LogP contribution >= 0.6 is 11.6 Å². The summed E-state index contributed by atoms with van der Waals surface area (Å²) >= 11 is 5.82. The minimum Gasteiger partial charge on any atom is -0.352 e. The summed E-state index contributed by atoms with van der Waals surface area (Å²) in [5, 5.41) is 4.05. The summed E-state index contributed by atoms with van der Waals surface area (Å²) in [6.07, 6.45) is 3.76. The van der Waals surface area contributed by atoms with Crippen LogP contribution in [-0.2, 0) is 13.1 Å². The van der Waals surface area contributed by atoms with E-state index in [9.17, 15) is 0 Å². The number of aromatic nitrogens is 2. The minimum atomic E-state index is 0.758. The summed E-state index contributed by atoms with van der Waals surface area (Å²) < 4.78 is 2.07. The third-order valence-corrected chi connectivity index (χ3v) is 2.67. The average Bonchev–Trinajstić information content (AvgIpc) is 2.76. The van der Waals surface area contributed by atoms with Crippen molar-refractivity contribution in [2.75, 3.05) is 5.32 Å². The van der Waals surface area contributed by atoms with Crippen molar-refractivity contribution in [1.82, 2.24) is 9.55 Å². The zero-order chi connectivity index (χ0) is 11.4. The first-order valence-electron chi connectivity index (χ1n) is 5.29. The molecule has 0 bridgehead atoms. The van der Waals surface area contributed by atoms with Gasteiger partial charge in [-0.3, -0.25) is 0 Å². The molecule has 1 aromatic heterocycles. The molecule has 0 saturated carbocycles. The molecule has 0 saturated heterocycles. The van der Waals surface area contributed by atoms with Crippen molar-refractivity contribution < 1.29 is 0 Å². The lowest BCUT2D eigenvalue weighted by Crippen LogP contribution is -2.06. The molecule has 2 aromatic rings. The quantitative estimate of drug-likeness (QED) is 0.882. The number of halogens is 1. The summed E-state index contributed by atoms with van der Waals surface area (Å²) in [6.45, 7) is 3.77. The second-order valence-corrected chi connectivity index (χ2v) is 3.95. The summed E-state index contributed by atoms with van der Waals surface area (Å²) in [4.78, 5) is 4.25. The summed E-state index contributed by atoms with van der Waals surface area (Å²) in [5.74, 6) is 0.900. The Morgan fingerprint density at radius 3 is 2.75 bits per heavy atom. The van der Waals surface area contributed by atoms with Crippen LogP contribution in [0.5, 0.6) is 0 Å². The number of nitrogens with one attached hydrogen (secondary N) is 1. The normalized spacial score (nSPS) is 10.4. The third-order valence-electron chi connectivity index (χ3n) is 2.42. The number of nitrogens with zero attached hydrogens (tertiary/aromatic N) is 2. The maximum absolute atomic E-state index is 5.82. The first-order valence-corrected chi connectivity index (χ1v) is 5.67. The van der Waals surface area contributed by atoms with Gasteiger partial charge in [0.05, 0.1) is 0 Å². The van der Waals surface area contributed by atoms with E-state index in [0.717, 1.165) is 24.1 Å². The molecule has 1 aromatic carbocycles.